The summed E-state index contributed by atoms with van der Waals surface area (Å²) in [5, 5.41) is 4.59. The lowest BCUT2D eigenvalue weighted by atomic mass is 10.1. The van der Waals surface area contributed by atoms with Crippen LogP contribution in [-0.2, 0) is 12.7 Å². The molecule has 0 amide bonds. The molecule has 27 heavy (non-hydrogen) atoms. The molecule has 0 saturated carbocycles. The second-order valence-electron chi connectivity index (χ2n) is 6.57. The van der Waals surface area contributed by atoms with Gasteiger partial charge in [-0.1, -0.05) is 17.3 Å². The largest absolute Gasteiger partial charge is 0.416 e. The standard InChI is InChI=1S/C18H20F3N5O/c1-12-15-16(22-11-23-17(15)27-24-12)26(8-7-25(2)3)10-13-5-4-6-14(9-13)18(19,20)21/h4-6,9,11H,7-8,10H2,1-3H3. The van der Waals surface area contributed by atoms with Gasteiger partial charge in [0.05, 0.1) is 11.3 Å². The molecule has 0 N–H and O–H groups in total. The van der Waals surface area contributed by atoms with Crippen molar-refractivity contribution in [3.63, 3.8) is 0 Å². The molecule has 2 heterocycles. The van der Waals surface area contributed by atoms with Gasteiger partial charge in [-0.15, -0.1) is 0 Å². The number of halogens is 3. The van der Waals surface area contributed by atoms with E-state index in [1.165, 1.54) is 18.5 Å². The lowest BCUT2D eigenvalue weighted by Crippen LogP contribution is -2.32. The van der Waals surface area contributed by atoms with E-state index in [1.807, 2.05) is 23.9 Å². The topological polar surface area (TPSA) is 58.3 Å². The summed E-state index contributed by atoms with van der Waals surface area (Å²) in [5.41, 5.74) is 0.877. The lowest BCUT2D eigenvalue weighted by Gasteiger charge is -2.26. The van der Waals surface area contributed by atoms with Crippen LogP contribution >= 0.6 is 0 Å². The summed E-state index contributed by atoms with van der Waals surface area (Å²) < 4.78 is 44.3. The maximum atomic E-state index is 13.0. The molecule has 0 aliphatic rings. The number of alkyl halides is 3. The number of hydrogen-bond acceptors (Lipinski definition) is 6. The van der Waals surface area contributed by atoms with Crippen LogP contribution in [0.15, 0.2) is 35.1 Å². The van der Waals surface area contributed by atoms with Gasteiger partial charge < -0.3 is 14.3 Å². The second kappa shape index (κ2) is 7.51. The summed E-state index contributed by atoms with van der Waals surface area (Å²) in [4.78, 5) is 12.3. The molecule has 0 bridgehead atoms. The molecule has 0 aliphatic carbocycles. The van der Waals surface area contributed by atoms with Gasteiger partial charge in [-0.3, -0.25) is 0 Å². The highest BCUT2D eigenvalue weighted by Crippen LogP contribution is 2.31. The Morgan fingerprint density at radius 2 is 1.89 bits per heavy atom. The zero-order valence-corrected chi connectivity index (χ0v) is 15.3. The first-order valence-electron chi connectivity index (χ1n) is 8.38. The molecular formula is C18H20F3N5O. The van der Waals surface area contributed by atoms with E-state index in [2.05, 4.69) is 15.1 Å². The molecule has 9 heteroatoms. The molecule has 1 aromatic carbocycles. The van der Waals surface area contributed by atoms with Crippen LogP contribution in [0.5, 0.6) is 0 Å². The van der Waals surface area contributed by atoms with Crippen LogP contribution in [0, 0.1) is 6.92 Å². The van der Waals surface area contributed by atoms with Gasteiger partial charge >= 0.3 is 6.18 Å². The number of hydrogen-bond donors (Lipinski definition) is 0. The van der Waals surface area contributed by atoms with E-state index >= 15 is 0 Å². The third-order valence-corrected chi connectivity index (χ3v) is 4.17. The first kappa shape index (κ1) is 19.1. The Balaban J connectivity index is 1.98. The molecule has 6 nitrogen and oxygen atoms in total. The van der Waals surface area contributed by atoms with Gasteiger partial charge in [0, 0.05) is 19.6 Å². The summed E-state index contributed by atoms with van der Waals surface area (Å²) in [7, 11) is 3.87. The Kier molecular flexibility index (Phi) is 5.31. The molecule has 0 saturated heterocycles. The molecule has 0 unspecified atom stereocenters. The van der Waals surface area contributed by atoms with Crippen LogP contribution in [-0.4, -0.2) is 47.2 Å². The molecule has 0 atom stereocenters. The SMILES string of the molecule is Cc1noc2ncnc(N(CCN(C)C)Cc3cccc(C(F)(F)F)c3)c12. The predicted octanol–water partition coefficient (Wildman–Crippen LogP) is 3.51. The average molecular weight is 379 g/mol. The molecule has 2 aromatic heterocycles. The maximum absolute atomic E-state index is 13.0. The van der Waals surface area contributed by atoms with Crippen LogP contribution in [0.3, 0.4) is 0 Å². The fraction of sp³-hybridized carbons (Fsp3) is 0.389. The molecule has 3 aromatic rings. The predicted molar refractivity (Wildman–Crippen MR) is 95.4 cm³/mol. The molecule has 0 radical (unpaired) electrons. The van der Waals surface area contributed by atoms with E-state index in [-0.39, 0.29) is 6.54 Å². The molecular weight excluding hydrogens is 359 g/mol. The minimum atomic E-state index is -4.38. The maximum Gasteiger partial charge on any atom is 0.416 e. The first-order valence-corrected chi connectivity index (χ1v) is 8.38. The van der Waals surface area contributed by atoms with Gasteiger partial charge in [0.1, 0.15) is 17.5 Å². The van der Waals surface area contributed by atoms with Crippen LogP contribution in [0.25, 0.3) is 11.1 Å². The van der Waals surface area contributed by atoms with Crippen molar-refractivity contribution in [3.05, 3.63) is 47.4 Å². The Morgan fingerprint density at radius 3 is 2.59 bits per heavy atom. The number of nitrogens with zero attached hydrogens (tertiary/aromatic N) is 5. The number of rotatable bonds is 6. The van der Waals surface area contributed by atoms with Crippen LogP contribution < -0.4 is 4.90 Å². The van der Waals surface area contributed by atoms with Crippen molar-refractivity contribution in [1.82, 2.24) is 20.0 Å². The molecule has 0 aliphatic heterocycles. The zero-order chi connectivity index (χ0) is 19.6. The van der Waals surface area contributed by atoms with Gasteiger partial charge in [-0.25, -0.2) is 4.98 Å². The van der Waals surface area contributed by atoms with E-state index in [1.54, 1.807) is 13.0 Å². The highest BCUT2D eigenvalue weighted by atomic mass is 19.4. The minimum Gasteiger partial charge on any atom is -0.350 e. The quantitative estimate of drug-likeness (QED) is 0.653. The highest BCUT2D eigenvalue weighted by Gasteiger charge is 2.30. The molecule has 144 valence electrons. The van der Waals surface area contributed by atoms with Gasteiger partial charge in [-0.2, -0.15) is 18.2 Å². The monoisotopic (exact) mass is 379 g/mol. The normalized spacial score (nSPS) is 12.1. The smallest absolute Gasteiger partial charge is 0.350 e. The molecule has 0 spiro atoms. The van der Waals surface area contributed by atoms with Gasteiger partial charge in [0.15, 0.2) is 0 Å². The van der Waals surface area contributed by atoms with Crippen LogP contribution in [0.1, 0.15) is 16.8 Å². The van der Waals surface area contributed by atoms with Gasteiger partial charge in [-0.05, 0) is 38.7 Å². The van der Waals surface area contributed by atoms with Crippen molar-refractivity contribution in [2.45, 2.75) is 19.6 Å². The summed E-state index contributed by atoms with van der Waals surface area (Å²) in [6.45, 7) is 3.33. The number of benzene rings is 1. The number of fused-ring (bicyclic) bond motifs is 1. The number of anilines is 1. The summed E-state index contributed by atoms with van der Waals surface area (Å²) in [6, 6.07) is 5.33. The number of aromatic nitrogens is 3. The number of aryl methyl sites for hydroxylation is 1. The third kappa shape index (κ3) is 4.36. The number of likely N-dealkylation sites (N-methyl/N-ethyl adjacent to an activating group) is 1. The summed E-state index contributed by atoms with van der Waals surface area (Å²) in [6.07, 6.45) is -3.01. The van der Waals surface area contributed by atoms with Crippen molar-refractivity contribution in [2.24, 2.45) is 0 Å². The fourth-order valence-electron chi connectivity index (χ4n) is 2.79. The van der Waals surface area contributed by atoms with Gasteiger partial charge in [0.2, 0.25) is 0 Å². The van der Waals surface area contributed by atoms with Crippen molar-refractivity contribution < 1.29 is 17.7 Å². The summed E-state index contributed by atoms with van der Waals surface area (Å²) in [5.74, 6) is 0.595. The summed E-state index contributed by atoms with van der Waals surface area (Å²) >= 11 is 0. The Labute approximate surface area is 154 Å². The Bertz CT molecular complexity index is 923. The van der Waals surface area contributed by atoms with Crippen LogP contribution in [0.2, 0.25) is 0 Å². The third-order valence-electron chi connectivity index (χ3n) is 4.17. The van der Waals surface area contributed by atoms with Gasteiger partial charge in [0.25, 0.3) is 5.71 Å². The van der Waals surface area contributed by atoms with E-state index < -0.39 is 11.7 Å². The van der Waals surface area contributed by atoms with Crippen molar-refractivity contribution in [3.8, 4) is 0 Å². The van der Waals surface area contributed by atoms with E-state index in [0.29, 0.717) is 41.3 Å². The average Bonchev–Trinajstić information content (AvgIpc) is 2.99. The lowest BCUT2D eigenvalue weighted by molar-refractivity contribution is -0.137. The highest BCUT2D eigenvalue weighted by molar-refractivity contribution is 5.87. The van der Waals surface area contributed by atoms with Crippen molar-refractivity contribution in [1.29, 1.82) is 0 Å². The first-order chi connectivity index (χ1) is 12.8. The fourth-order valence-corrected chi connectivity index (χ4v) is 2.79. The van der Waals surface area contributed by atoms with E-state index in [4.69, 9.17) is 4.52 Å². The van der Waals surface area contributed by atoms with Crippen LogP contribution in [0.4, 0.5) is 19.0 Å². The van der Waals surface area contributed by atoms with E-state index in [0.717, 1.165) is 6.07 Å². The Hall–Kier alpha value is -2.68. The Morgan fingerprint density at radius 1 is 1.11 bits per heavy atom. The van der Waals surface area contributed by atoms with Crippen molar-refractivity contribution in [2.75, 3.05) is 32.1 Å². The van der Waals surface area contributed by atoms with Crippen molar-refractivity contribution >= 4 is 16.9 Å². The molecule has 0 fully saturated rings. The zero-order valence-electron chi connectivity index (χ0n) is 15.3. The van der Waals surface area contributed by atoms with E-state index in [9.17, 15) is 13.2 Å². The minimum absolute atomic E-state index is 0.272. The molecule has 3 rings (SSSR count). The second-order valence-corrected chi connectivity index (χ2v) is 6.57.